The van der Waals surface area contributed by atoms with E-state index >= 15 is 0 Å². The molecule has 3 rings (SSSR count). The Morgan fingerprint density at radius 1 is 1.39 bits per heavy atom. The largest absolute Gasteiger partial charge is 0.462 e. The molecule has 5 nitrogen and oxygen atoms in total. The van der Waals surface area contributed by atoms with E-state index < -0.39 is 0 Å². The predicted octanol–water partition coefficient (Wildman–Crippen LogP) is 0.842. The second-order valence-corrected chi connectivity index (χ2v) is 5.45. The van der Waals surface area contributed by atoms with Crippen LogP contribution >= 0.6 is 0 Å². The molecule has 0 amide bonds. The van der Waals surface area contributed by atoms with Crippen molar-refractivity contribution in [1.82, 2.24) is 0 Å². The van der Waals surface area contributed by atoms with Crippen LogP contribution in [-0.4, -0.2) is 42.8 Å². The first kappa shape index (κ1) is 12.4. The van der Waals surface area contributed by atoms with Gasteiger partial charge in [-0.05, 0) is 19.3 Å². The van der Waals surface area contributed by atoms with E-state index in [1.807, 2.05) is 0 Å². The molecular weight excluding hydrogens is 236 g/mol. The normalized spacial score (nSPS) is 43.8. The molecule has 1 aliphatic carbocycles. The number of rotatable bonds is 3. The Hall–Kier alpha value is -0.650. The highest BCUT2D eigenvalue weighted by Gasteiger charge is 2.50. The monoisotopic (exact) mass is 256 g/mol. The van der Waals surface area contributed by atoms with Gasteiger partial charge in [-0.2, -0.15) is 0 Å². The number of hydrogen-bond donors (Lipinski definition) is 1. The molecule has 102 valence electrons. The van der Waals surface area contributed by atoms with E-state index in [0.29, 0.717) is 12.8 Å². The van der Waals surface area contributed by atoms with Gasteiger partial charge in [-0.1, -0.05) is 0 Å². The molecule has 2 aliphatic heterocycles. The van der Waals surface area contributed by atoms with Gasteiger partial charge in [0.1, 0.15) is 6.10 Å². The van der Waals surface area contributed by atoms with Crippen molar-refractivity contribution in [2.45, 2.75) is 50.6 Å². The Kier molecular flexibility index (Phi) is 3.54. The predicted molar refractivity (Wildman–Crippen MR) is 61.6 cm³/mol. The third-order valence-electron chi connectivity index (χ3n) is 4.33. The number of ether oxygens (including phenoxy) is 3. The average molecular weight is 256 g/mol. The van der Waals surface area contributed by atoms with Crippen LogP contribution in [0.1, 0.15) is 32.1 Å². The molecule has 18 heavy (non-hydrogen) atoms. The zero-order valence-electron chi connectivity index (χ0n) is 10.4. The lowest BCUT2D eigenvalue weighted by Crippen LogP contribution is -2.33. The molecule has 0 radical (unpaired) electrons. The van der Waals surface area contributed by atoms with Crippen LogP contribution in [0.5, 0.6) is 0 Å². The van der Waals surface area contributed by atoms with Crippen LogP contribution in [-0.2, 0) is 19.0 Å². The molecule has 0 aromatic carbocycles. The Labute approximate surface area is 106 Å². The first-order valence-corrected chi connectivity index (χ1v) is 6.85. The highest BCUT2D eigenvalue weighted by Crippen LogP contribution is 2.43. The smallest absolute Gasteiger partial charge is 0.306 e. The van der Waals surface area contributed by atoms with Gasteiger partial charge in [0, 0.05) is 31.5 Å². The van der Waals surface area contributed by atoms with Crippen molar-refractivity contribution in [3.63, 3.8) is 0 Å². The SMILES string of the molecule is O=C1C[C@H]2C(CC(OC3CCCCO3)C2CO)O1. The van der Waals surface area contributed by atoms with Crippen LogP contribution in [0.15, 0.2) is 0 Å². The Bertz CT molecular complexity index is 313. The fourth-order valence-electron chi connectivity index (χ4n) is 3.38. The lowest BCUT2D eigenvalue weighted by molar-refractivity contribution is -0.199. The quantitative estimate of drug-likeness (QED) is 0.758. The Morgan fingerprint density at radius 2 is 2.28 bits per heavy atom. The lowest BCUT2D eigenvalue weighted by atomic mass is 9.93. The van der Waals surface area contributed by atoms with Gasteiger partial charge in [-0.15, -0.1) is 0 Å². The lowest BCUT2D eigenvalue weighted by Gasteiger charge is -2.29. The van der Waals surface area contributed by atoms with Crippen LogP contribution in [0.4, 0.5) is 0 Å². The molecule has 5 atom stereocenters. The molecule has 2 saturated heterocycles. The minimum Gasteiger partial charge on any atom is -0.462 e. The molecular formula is C13H20O5. The number of aliphatic hydroxyl groups excluding tert-OH is 1. The zero-order valence-corrected chi connectivity index (χ0v) is 10.4. The van der Waals surface area contributed by atoms with Crippen LogP contribution in [0.25, 0.3) is 0 Å². The fraction of sp³-hybridized carbons (Fsp3) is 0.923. The Balaban J connectivity index is 1.61. The molecule has 1 N–H and O–H groups in total. The second-order valence-electron chi connectivity index (χ2n) is 5.45. The van der Waals surface area contributed by atoms with Gasteiger partial charge in [0.2, 0.25) is 0 Å². The van der Waals surface area contributed by atoms with Gasteiger partial charge in [0.25, 0.3) is 0 Å². The standard InChI is InChI=1S/C13H20O5/c14-7-9-8-5-12(15)17-10(8)6-11(9)18-13-3-1-2-4-16-13/h8-11,13-14H,1-7H2/t8-,9?,10?,11?,13?/m1/s1. The minimum atomic E-state index is -0.146. The summed E-state index contributed by atoms with van der Waals surface area (Å²) in [5.41, 5.74) is 0. The molecule has 3 aliphatic rings. The maximum absolute atomic E-state index is 11.2. The molecule has 0 aromatic heterocycles. The summed E-state index contributed by atoms with van der Waals surface area (Å²) in [6, 6.07) is 0. The van der Waals surface area contributed by atoms with E-state index in [1.54, 1.807) is 0 Å². The number of fused-ring (bicyclic) bond motifs is 1. The van der Waals surface area contributed by atoms with Crippen LogP contribution < -0.4 is 0 Å². The molecule has 1 saturated carbocycles. The summed E-state index contributed by atoms with van der Waals surface area (Å²) in [5.74, 6) is -0.0149. The van der Waals surface area contributed by atoms with E-state index in [-0.39, 0.29) is 42.9 Å². The summed E-state index contributed by atoms with van der Waals surface area (Å²) in [7, 11) is 0. The van der Waals surface area contributed by atoms with E-state index in [9.17, 15) is 9.90 Å². The zero-order chi connectivity index (χ0) is 12.5. The summed E-state index contributed by atoms with van der Waals surface area (Å²) in [4.78, 5) is 11.2. The maximum atomic E-state index is 11.2. The van der Waals surface area contributed by atoms with Gasteiger partial charge < -0.3 is 19.3 Å². The number of esters is 1. The molecule has 5 heteroatoms. The van der Waals surface area contributed by atoms with Crippen molar-refractivity contribution in [3.05, 3.63) is 0 Å². The molecule has 4 unspecified atom stereocenters. The summed E-state index contributed by atoms with van der Waals surface area (Å²) < 4.78 is 16.8. The van der Waals surface area contributed by atoms with Crippen molar-refractivity contribution < 1.29 is 24.1 Å². The fourth-order valence-corrected chi connectivity index (χ4v) is 3.38. The van der Waals surface area contributed by atoms with E-state index in [4.69, 9.17) is 14.2 Å². The number of aliphatic hydroxyl groups is 1. The molecule has 0 bridgehead atoms. The van der Waals surface area contributed by atoms with Crippen molar-refractivity contribution in [1.29, 1.82) is 0 Å². The third kappa shape index (κ3) is 2.27. The average Bonchev–Trinajstić information content (AvgIpc) is 2.85. The van der Waals surface area contributed by atoms with Gasteiger partial charge >= 0.3 is 5.97 Å². The topological polar surface area (TPSA) is 65.0 Å². The highest BCUT2D eigenvalue weighted by molar-refractivity contribution is 5.72. The molecule has 3 fully saturated rings. The van der Waals surface area contributed by atoms with E-state index in [2.05, 4.69) is 0 Å². The molecule has 0 spiro atoms. The van der Waals surface area contributed by atoms with Gasteiger partial charge in [0.05, 0.1) is 12.5 Å². The second kappa shape index (κ2) is 5.15. The maximum Gasteiger partial charge on any atom is 0.306 e. The number of carbonyl (C=O) groups excluding carboxylic acids is 1. The first-order valence-electron chi connectivity index (χ1n) is 6.85. The number of carbonyl (C=O) groups is 1. The molecule has 0 aromatic rings. The van der Waals surface area contributed by atoms with Crippen molar-refractivity contribution in [2.24, 2.45) is 11.8 Å². The van der Waals surface area contributed by atoms with Crippen molar-refractivity contribution >= 4 is 5.97 Å². The van der Waals surface area contributed by atoms with E-state index in [1.165, 1.54) is 0 Å². The van der Waals surface area contributed by atoms with Gasteiger partial charge in [-0.25, -0.2) is 0 Å². The first-order chi connectivity index (χ1) is 8.78. The summed E-state index contributed by atoms with van der Waals surface area (Å²) >= 11 is 0. The summed E-state index contributed by atoms with van der Waals surface area (Å²) in [6.45, 7) is 0.804. The van der Waals surface area contributed by atoms with Gasteiger partial charge in [-0.3, -0.25) is 4.79 Å². The summed E-state index contributed by atoms with van der Waals surface area (Å²) in [5, 5.41) is 9.51. The Morgan fingerprint density at radius 3 is 3.00 bits per heavy atom. The van der Waals surface area contributed by atoms with Crippen LogP contribution in [0, 0.1) is 11.8 Å². The minimum absolute atomic E-state index is 0.00646. The van der Waals surface area contributed by atoms with Crippen LogP contribution in [0.3, 0.4) is 0 Å². The summed E-state index contributed by atoms with van der Waals surface area (Å²) in [6.07, 6.45) is 4.00. The van der Waals surface area contributed by atoms with Crippen LogP contribution in [0.2, 0.25) is 0 Å². The molecule has 2 heterocycles. The highest BCUT2D eigenvalue weighted by atomic mass is 16.7. The third-order valence-corrected chi connectivity index (χ3v) is 4.33. The van der Waals surface area contributed by atoms with Gasteiger partial charge in [0.15, 0.2) is 6.29 Å². The van der Waals surface area contributed by atoms with Crippen molar-refractivity contribution in [3.8, 4) is 0 Å². The van der Waals surface area contributed by atoms with E-state index in [0.717, 1.165) is 25.9 Å². The number of hydrogen-bond acceptors (Lipinski definition) is 5. The van der Waals surface area contributed by atoms with Crippen molar-refractivity contribution in [2.75, 3.05) is 13.2 Å².